The number of ether oxygens (including phenoxy) is 2. The van der Waals surface area contributed by atoms with Gasteiger partial charge >= 0.3 is 18.3 Å². The molecular formula is C5H3F7O2. The molecule has 9 heteroatoms. The van der Waals surface area contributed by atoms with Crippen LogP contribution in [0.5, 0.6) is 0 Å². The van der Waals surface area contributed by atoms with Gasteiger partial charge < -0.3 is 0 Å². The van der Waals surface area contributed by atoms with E-state index in [9.17, 15) is 30.7 Å². The van der Waals surface area contributed by atoms with Gasteiger partial charge in [0.25, 0.3) is 5.85 Å². The van der Waals surface area contributed by atoms with Gasteiger partial charge in [-0.3, -0.25) is 4.74 Å². The number of hydrogen-bond donors (Lipinski definition) is 0. The average Bonchev–Trinajstić information content (AvgIpc) is 1.94. The Balaban J connectivity index is 3.12. The van der Waals surface area contributed by atoms with Crippen molar-refractivity contribution in [3.8, 4) is 0 Å². The lowest BCUT2D eigenvalue weighted by molar-refractivity contribution is -0.406. The van der Waals surface area contributed by atoms with Crippen LogP contribution in [0.2, 0.25) is 0 Å². The minimum atomic E-state index is -5.96. The van der Waals surface area contributed by atoms with E-state index < -0.39 is 24.2 Å². The van der Waals surface area contributed by atoms with Crippen LogP contribution in [0.3, 0.4) is 0 Å². The van der Waals surface area contributed by atoms with E-state index in [4.69, 9.17) is 0 Å². The third-order valence-electron chi connectivity index (χ3n) is 1.51. The van der Waals surface area contributed by atoms with Crippen molar-refractivity contribution in [2.45, 2.75) is 31.1 Å². The SMILES string of the molecule is CC1(F)OC(F)(F)OC1(F)C(F)(F)F. The fourth-order valence-electron chi connectivity index (χ4n) is 0.876. The van der Waals surface area contributed by atoms with Crippen molar-refractivity contribution in [1.29, 1.82) is 0 Å². The van der Waals surface area contributed by atoms with E-state index in [0.717, 1.165) is 0 Å². The molecule has 1 aliphatic rings. The second-order valence-corrected chi connectivity index (χ2v) is 2.68. The molecule has 1 rings (SSSR count). The van der Waals surface area contributed by atoms with Crippen molar-refractivity contribution in [1.82, 2.24) is 0 Å². The monoisotopic (exact) mass is 228 g/mol. The number of halogens is 7. The van der Waals surface area contributed by atoms with Gasteiger partial charge in [-0.2, -0.15) is 17.6 Å². The standard InChI is InChI=1S/C5H3F7O2/c1-2(6)3(7,4(8,9)10)14-5(11,12)13-2/h1H3. The highest BCUT2D eigenvalue weighted by atomic mass is 19.4. The molecule has 0 bridgehead atoms. The van der Waals surface area contributed by atoms with Crippen LogP contribution in [0.1, 0.15) is 6.92 Å². The molecule has 0 amide bonds. The van der Waals surface area contributed by atoms with Gasteiger partial charge in [-0.15, -0.1) is 8.78 Å². The van der Waals surface area contributed by atoms with Crippen LogP contribution in [-0.4, -0.2) is 24.2 Å². The average molecular weight is 228 g/mol. The number of hydrogen-bond acceptors (Lipinski definition) is 2. The van der Waals surface area contributed by atoms with E-state index in [1.165, 1.54) is 0 Å². The molecule has 1 fully saturated rings. The molecule has 14 heavy (non-hydrogen) atoms. The second-order valence-electron chi connectivity index (χ2n) is 2.68. The van der Waals surface area contributed by atoms with E-state index in [1.54, 1.807) is 0 Å². The smallest absolute Gasteiger partial charge is 0.252 e. The van der Waals surface area contributed by atoms with Gasteiger partial charge in [0, 0.05) is 6.92 Å². The lowest BCUT2D eigenvalue weighted by Crippen LogP contribution is -2.54. The molecule has 2 atom stereocenters. The fraction of sp³-hybridized carbons (Fsp3) is 1.00. The Morgan fingerprint density at radius 2 is 1.36 bits per heavy atom. The highest BCUT2D eigenvalue weighted by molar-refractivity contribution is 4.94. The topological polar surface area (TPSA) is 18.5 Å². The first-order valence-electron chi connectivity index (χ1n) is 3.14. The molecule has 0 saturated carbocycles. The first kappa shape index (κ1) is 11.5. The van der Waals surface area contributed by atoms with Crippen molar-refractivity contribution in [2.75, 3.05) is 0 Å². The summed E-state index contributed by atoms with van der Waals surface area (Å²) in [5, 5.41) is 0. The van der Waals surface area contributed by atoms with Gasteiger partial charge in [0.2, 0.25) is 0 Å². The second kappa shape index (κ2) is 2.51. The lowest BCUT2D eigenvalue weighted by atomic mass is 10.1. The molecule has 1 aliphatic heterocycles. The van der Waals surface area contributed by atoms with E-state index in [2.05, 4.69) is 9.47 Å². The van der Waals surface area contributed by atoms with E-state index in [0.29, 0.717) is 0 Å². The summed E-state index contributed by atoms with van der Waals surface area (Å²) in [6.07, 6.45) is -10.9. The van der Waals surface area contributed by atoms with E-state index >= 15 is 0 Å². The zero-order valence-electron chi connectivity index (χ0n) is 6.46. The van der Waals surface area contributed by atoms with Crippen LogP contribution < -0.4 is 0 Å². The van der Waals surface area contributed by atoms with Crippen LogP contribution >= 0.6 is 0 Å². The first-order chi connectivity index (χ1) is 5.91. The van der Waals surface area contributed by atoms with Gasteiger partial charge in [-0.05, 0) is 0 Å². The zero-order chi connectivity index (χ0) is 11.4. The Morgan fingerprint density at radius 3 is 1.50 bits per heavy atom. The number of alkyl halides is 7. The van der Waals surface area contributed by atoms with Gasteiger partial charge in [-0.1, -0.05) is 0 Å². The molecule has 84 valence electrons. The van der Waals surface area contributed by atoms with Crippen molar-refractivity contribution < 1.29 is 40.2 Å². The quantitative estimate of drug-likeness (QED) is 0.593. The highest BCUT2D eigenvalue weighted by Crippen LogP contribution is 2.55. The summed E-state index contributed by atoms with van der Waals surface area (Å²) < 4.78 is 90.5. The maximum Gasteiger partial charge on any atom is 0.491 e. The molecule has 0 aliphatic carbocycles. The summed E-state index contributed by atoms with van der Waals surface area (Å²) in [6, 6.07) is 0. The van der Waals surface area contributed by atoms with Gasteiger partial charge in [0.15, 0.2) is 0 Å². The first-order valence-corrected chi connectivity index (χ1v) is 3.14. The van der Waals surface area contributed by atoms with Gasteiger partial charge in [0.1, 0.15) is 0 Å². The summed E-state index contributed by atoms with van der Waals surface area (Å²) in [5.41, 5.74) is 0. The zero-order valence-corrected chi connectivity index (χ0v) is 6.46. The van der Waals surface area contributed by atoms with E-state index in [1.807, 2.05) is 0 Å². The minimum Gasteiger partial charge on any atom is -0.252 e. The van der Waals surface area contributed by atoms with Crippen molar-refractivity contribution in [3.63, 3.8) is 0 Å². The van der Waals surface area contributed by atoms with Gasteiger partial charge in [-0.25, -0.2) is 9.13 Å². The fourth-order valence-corrected chi connectivity index (χ4v) is 0.876. The van der Waals surface area contributed by atoms with Crippen molar-refractivity contribution >= 4 is 0 Å². The Morgan fingerprint density at radius 1 is 0.929 bits per heavy atom. The maximum absolute atomic E-state index is 12.8. The molecule has 0 spiro atoms. The summed E-state index contributed by atoms with van der Waals surface area (Å²) >= 11 is 0. The molecule has 0 aromatic heterocycles. The number of rotatable bonds is 0. The molecule has 0 aromatic rings. The molecule has 0 radical (unpaired) electrons. The largest absolute Gasteiger partial charge is 0.491 e. The van der Waals surface area contributed by atoms with Crippen molar-refractivity contribution in [3.05, 3.63) is 0 Å². The summed E-state index contributed by atoms with van der Waals surface area (Å²) in [7, 11) is 0. The molecule has 0 aromatic carbocycles. The molecule has 1 saturated heterocycles. The van der Waals surface area contributed by atoms with Crippen LogP contribution in [0.25, 0.3) is 0 Å². The summed E-state index contributed by atoms with van der Waals surface area (Å²) in [6.45, 7) is -0.138. The van der Waals surface area contributed by atoms with E-state index in [-0.39, 0.29) is 6.92 Å². The van der Waals surface area contributed by atoms with Crippen LogP contribution in [0.4, 0.5) is 30.7 Å². The third kappa shape index (κ3) is 1.44. The van der Waals surface area contributed by atoms with Crippen LogP contribution in [0, 0.1) is 0 Å². The Kier molecular flexibility index (Phi) is 2.06. The summed E-state index contributed by atoms with van der Waals surface area (Å²) in [4.78, 5) is 0. The molecule has 2 unspecified atom stereocenters. The van der Waals surface area contributed by atoms with Crippen molar-refractivity contribution in [2.24, 2.45) is 0 Å². The minimum absolute atomic E-state index is 0.138. The Bertz CT molecular complexity index is 247. The maximum atomic E-state index is 12.8. The van der Waals surface area contributed by atoms with Crippen LogP contribution in [-0.2, 0) is 9.47 Å². The molecular weight excluding hydrogens is 225 g/mol. The Labute approximate surface area is 72.6 Å². The predicted octanol–water partition coefficient (Wildman–Crippen LogP) is 2.50. The molecule has 1 heterocycles. The van der Waals surface area contributed by atoms with Crippen LogP contribution in [0.15, 0.2) is 0 Å². The molecule has 0 N–H and O–H groups in total. The van der Waals surface area contributed by atoms with Gasteiger partial charge in [0.05, 0.1) is 0 Å². The summed E-state index contributed by atoms with van der Waals surface area (Å²) in [5.74, 6) is -9.47. The normalized spacial score (nSPS) is 42.9. The lowest BCUT2D eigenvalue weighted by Gasteiger charge is -2.27. The Hall–Kier alpha value is -0.570. The highest BCUT2D eigenvalue weighted by Gasteiger charge is 2.80. The third-order valence-corrected chi connectivity index (χ3v) is 1.51. The molecule has 2 nitrogen and oxygen atoms in total. The predicted molar refractivity (Wildman–Crippen MR) is 26.5 cm³/mol.